The molecule has 0 fully saturated rings. The topological polar surface area (TPSA) is 39.7 Å². The van der Waals surface area contributed by atoms with Gasteiger partial charge in [-0.05, 0) is 45.1 Å². The Hall–Kier alpha value is -0.530. The van der Waals surface area contributed by atoms with E-state index in [-0.39, 0.29) is 24.0 Å². The third kappa shape index (κ3) is 11.1. The third-order valence-electron chi connectivity index (χ3n) is 3.70. The molecule has 0 heterocycles. The molecule has 0 unspecified atom stereocenters. The van der Waals surface area contributed by atoms with Crippen molar-refractivity contribution in [3.63, 3.8) is 0 Å². The summed E-state index contributed by atoms with van der Waals surface area (Å²) in [6, 6.07) is 7.87. The Balaban J connectivity index is 0.00000529. The lowest BCUT2D eigenvalue weighted by Crippen LogP contribution is -2.37. The van der Waals surface area contributed by atoms with Gasteiger partial charge in [0.15, 0.2) is 5.96 Å². The van der Waals surface area contributed by atoms with Crippen molar-refractivity contribution in [3.05, 3.63) is 34.9 Å². The second-order valence-electron chi connectivity index (χ2n) is 6.01. The van der Waals surface area contributed by atoms with Crippen LogP contribution in [-0.4, -0.2) is 45.1 Å². The van der Waals surface area contributed by atoms with Gasteiger partial charge in [-0.2, -0.15) is 0 Å². The van der Waals surface area contributed by atoms with Crippen molar-refractivity contribution in [1.82, 2.24) is 15.5 Å². The van der Waals surface area contributed by atoms with E-state index in [4.69, 9.17) is 11.6 Å². The van der Waals surface area contributed by atoms with Gasteiger partial charge in [-0.3, -0.25) is 4.99 Å². The molecule has 138 valence electrons. The van der Waals surface area contributed by atoms with E-state index in [2.05, 4.69) is 34.6 Å². The number of hydrogen-bond donors (Lipinski definition) is 2. The molecule has 2 N–H and O–H groups in total. The lowest BCUT2D eigenvalue weighted by Gasteiger charge is -2.12. The Morgan fingerprint density at radius 3 is 2.38 bits per heavy atom. The second kappa shape index (κ2) is 14.8. The highest BCUT2D eigenvalue weighted by Crippen LogP contribution is 2.14. The zero-order chi connectivity index (χ0) is 16.9. The van der Waals surface area contributed by atoms with Crippen LogP contribution in [0.15, 0.2) is 29.3 Å². The quantitative estimate of drug-likeness (QED) is 0.236. The Labute approximate surface area is 169 Å². The summed E-state index contributed by atoms with van der Waals surface area (Å²) in [5, 5.41) is 7.44. The normalized spacial score (nSPS) is 11.3. The standard InChI is InChI=1S/C18H31ClN4.HI/c1-20-18(22-15-16-11-7-8-12-17(16)19)21-13-9-5-4-6-10-14-23(2)3;/h7-8,11-12H,4-6,9-10,13-15H2,1-3H3,(H2,20,21,22);1H. The lowest BCUT2D eigenvalue weighted by molar-refractivity contribution is 0.389. The smallest absolute Gasteiger partial charge is 0.191 e. The summed E-state index contributed by atoms with van der Waals surface area (Å²) in [6.45, 7) is 2.83. The van der Waals surface area contributed by atoms with Gasteiger partial charge in [-0.1, -0.05) is 49.1 Å². The minimum absolute atomic E-state index is 0. The summed E-state index contributed by atoms with van der Waals surface area (Å²) in [4.78, 5) is 6.49. The first-order chi connectivity index (χ1) is 11.1. The van der Waals surface area contributed by atoms with E-state index < -0.39 is 0 Å². The van der Waals surface area contributed by atoms with Gasteiger partial charge in [0.25, 0.3) is 0 Å². The molecule has 0 aliphatic carbocycles. The van der Waals surface area contributed by atoms with Crippen LogP contribution in [0.1, 0.15) is 37.7 Å². The van der Waals surface area contributed by atoms with Crippen LogP contribution in [0.2, 0.25) is 5.02 Å². The van der Waals surface area contributed by atoms with Crippen molar-refractivity contribution >= 4 is 41.5 Å². The zero-order valence-electron chi connectivity index (χ0n) is 15.1. The lowest BCUT2D eigenvalue weighted by atomic mass is 10.1. The first-order valence-corrected chi connectivity index (χ1v) is 8.84. The summed E-state index contributed by atoms with van der Waals surface area (Å²) >= 11 is 6.15. The summed E-state index contributed by atoms with van der Waals surface area (Å²) < 4.78 is 0. The second-order valence-corrected chi connectivity index (χ2v) is 6.42. The minimum Gasteiger partial charge on any atom is -0.356 e. The van der Waals surface area contributed by atoms with Crippen molar-refractivity contribution in [3.8, 4) is 0 Å². The number of nitrogens with zero attached hydrogens (tertiary/aromatic N) is 2. The zero-order valence-corrected chi connectivity index (χ0v) is 18.2. The maximum absolute atomic E-state index is 6.15. The Bertz CT molecular complexity index is 466. The Kier molecular flexibility index (Phi) is 14.5. The first-order valence-electron chi connectivity index (χ1n) is 8.46. The molecule has 0 aromatic heterocycles. The molecule has 0 aliphatic heterocycles. The van der Waals surface area contributed by atoms with Crippen LogP contribution in [0, 0.1) is 0 Å². The molecular weight excluding hydrogens is 435 g/mol. The molecule has 24 heavy (non-hydrogen) atoms. The molecule has 0 saturated carbocycles. The van der Waals surface area contributed by atoms with Gasteiger partial charge in [0.05, 0.1) is 0 Å². The molecule has 0 atom stereocenters. The number of rotatable bonds is 10. The van der Waals surface area contributed by atoms with Crippen LogP contribution in [0.3, 0.4) is 0 Å². The summed E-state index contributed by atoms with van der Waals surface area (Å²) in [5.74, 6) is 0.831. The fourth-order valence-electron chi connectivity index (χ4n) is 2.33. The van der Waals surface area contributed by atoms with E-state index >= 15 is 0 Å². The average molecular weight is 467 g/mol. The van der Waals surface area contributed by atoms with Gasteiger partial charge in [-0.25, -0.2) is 0 Å². The Morgan fingerprint density at radius 1 is 1.04 bits per heavy atom. The molecule has 1 rings (SSSR count). The molecule has 0 spiro atoms. The van der Waals surface area contributed by atoms with Crippen LogP contribution in [-0.2, 0) is 6.54 Å². The van der Waals surface area contributed by atoms with Crippen LogP contribution in [0.4, 0.5) is 0 Å². The van der Waals surface area contributed by atoms with E-state index in [9.17, 15) is 0 Å². The SMILES string of the molecule is CN=C(NCCCCCCCN(C)C)NCc1ccccc1Cl.I. The Morgan fingerprint density at radius 2 is 1.71 bits per heavy atom. The maximum Gasteiger partial charge on any atom is 0.191 e. The molecule has 0 amide bonds. The predicted molar refractivity (Wildman–Crippen MR) is 117 cm³/mol. The number of guanidine groups is 1. The van der Waals surface area contributed by atoms with Crippen molar-refractivity contribution < 1.29 is 0 Å². The van der Waals surface area contributed by atoms with Gasteiger partial charge < -0.3 is 15.5 Å². The van der Waals surface area contributed by atoms with Gasteiger partial charge in [0.2, 0.25) is 0 Å². The summed E-state index contributed by atoms with van der Waals surface area (Å²) in [7, 11) is 6.06. The number of hydrogen-bond acceptors (Lipinski definition) is 2. The number of halogens is 2. The average Bonchev–Trinajstić information content (AvgIpc) is 2.54. The highest BCUT2D eigenvalue weighted by Gasteiger charge is 2.01. The van der Waals surface area contributed by atoms with Crippen molar-refractivity contribution in [2.24, 2.45) is 4.99 Å². The van der Waals surface area contributed by atoms with Gasteiger partial charge in [0, 0.05) is 25.2 Å². The number of unbranched alkanes of at least 4 members (excludes halogenated alkanes) is 4. The number of benzene rings is 1. The maximum atomic E-state index is 6.15. The van der Waals surface area contributed by atoms with Crippen molar-refractivity contribution in [1.29, 1.82) is 0 Å². The molecule has 0 aliphatic rings. The fraction of sp³-hybridized carbons (Fsp3) is 0.611. The molecule has 0 bridgehead atoms. The van der Waals surface area contributed by atoms with Crippen molar-refractivity contribution in [2.45, 2.75) is 38.6 Å². The van der Waals surface area contributed by atoms with Crippen LogP contribution in [0.5, 0.6) is 0 Å². The van der Waals surface area contributed by atoms with E-state index in [1.165, 1.54) is 38.6 Å². The highest BCUT2D eigenvalue weighted by atomic mass is 127. The molecule has 1 aromatic rings. The van der Waals surface area contributed by atoms with Gasteiger partial charge >= 0.3 is 0 Å². The number of aliphatic imine (C=N–C) groups is 1. The monoisotopic (exact) mass is 466 g/mol. The van der Waals surface area contributed by atoms with E-state index in [1.54, 1.807) is 7.05 Å². The highest BCUT2D eigenvalue weighted by molar-refractivity contribution is 14.0. The van der Waals surface area contributed by atoms with Gasteiger partial charge in [0.1, 0.15) is 0 Å². The fourth-order valence-corrected chi connectivity index (χ4v) is 2.53. The van der Waals surface area contributed by atoms with Gasteiger partial charge in [-0.15, -0.1) is 24.0 Å². The predicted octanol–water partition coefficient (Wildman–Crippen LogP) is 4.14. The molecule has 0 radical (unpaired) electrons. The molecule has 1 aromatic carbocycles. The largest absolute Gasteiger partial charge is 0.356 e. The molecular formula is C18H32ClIN4. The van der Waals surface area contributed by atoms with E-state index in [0.717, 1.165) is 23.1 Å². The summed E-state index contributed by atoms with van der Waals surface area (Å²) in [5.41, 5.74) is 1.08. The minimum atomic E-state index is 0. The van der Waals surface area contributed by atoms with Crippen LogP contribution < -0.4 is 10.6 Å². The molecule has 0 saturated heterocycles. The molecule has 4 nitrogen and oxygen atoms in total. The summed E-state index contributed by atoms with van der Waals surface area (Å²) in [6.07, 6.45) is 6.36. The third-order valence-corrected chi connectivity index (χ3v) is 4.07. The first kappa shape index (κ1) is 23.5. The van der Waals surface area contributed by atoms with E-state index in [0.29, 0.717) is 6.54 Å². The van der Waals surface area contributed by atoms with Crippen molar-refractivity contribution in [2.75, 3.05) is 34.2 Å². The van der Waals surface area contributed by atoms with E-state index in [1.807, 2.05) is 24.3 Å². The number of nitrogens with one attached hydrogen (secondary N) is 2. The van der Waals surface area contributed by atoms with Crippen LogP contribution in [0.25, 0.3) is 0 Å². The van der Waals surface area contributed by atoms with Crippen LogP contribution >= 0.6 is 35.6 Å². The molecule has 6 heteroatoms.